The molecule has 0 fully saturated rings. The number of amides is 1. The number of methoxy groups -OCH3 is 2. The van der Waals surface area contributed by atoms with E-state index in [1.165, 1.54) is 5.01 Å². The average Bonchev–Trinajstić information content (AvgIpc) is 3.17. The predicted octanol–water partition coefficient (Wildman–Crippen LogP) is 3.25. The molecule has 0 spiro atoms. The highest BCUT2D eigenvalue weighted by Gasteiger charge is 2.33. The Morgan fingerprint density at radius 3 is 2.43 bits per heavy atom. The number of carboxylic acids is 1. The number of hydrazone groups is 1. The van der Waals surface area contributed by atoms with Crippen molar-refractivity contribution in [2.45, 2.75) is 25.3 Å². The van der Waals surface area contributed by atoms with E-state index in [1.807, 2.05) is 42.5 Å². The molecule has 1 N–H and O–H groups in total. The molecular weight excluding hydrogens is 360 g/mol. The topological polar surface area (TPSA) is 88.4 Å². The number of nitrogens with zero attached hydrogens (tertiary/aromatic N) is 2. The van der Waals surface area contributed by atoms with Crippen LogP contribution in [0.4, 0.5) is 0 Å². The Bertz CT molecular complexity index is 895. The van der Waals surface area contributed by atoms with Crippen LogP contribution in [0.25, 0.3) is 0 Å². The molecule has 7 nitrogen and oxygen atoms in total. The maximum absolute atomic E-state index is 12.6. The minimum atomic E-state index is -1.01. The van der Waals surface area contributed by atoms with Gasteiger partial charge in [-0.1, -0.05) is 30.3 Å². The zero-order valence-electron chi connectivity index (χ0n) is 15.8. The molecule has 1 amide bonds. The molecule has 0 aromatic heterocycles. The third-order valence-corrected chi connectivity index (χ3v) is 4.62. The number of aliphatic carboxylic acids is 1. The van der Waals surface area contributed by atoms with Gasteiger partial charge in [-0.2, -0.15) is 5.10 Å². The number of carboxylic acid groups (broad SMARTS) is 1. The van der Waals surface area contributed by atoms with Crippen molar-refractivity contribution in [2.24, 2.45) is 5.10 Å². The van der Waals surface area contributed by atoms with Gasteiger partial charge in [0.25, 0.3) is 0 Å². The second-order valence-electron chi connectivity index (χ2n) is 6.38. The van der Waals surface area contributed by atoms with Crippen LogP contribution >= 0.6 is 0 Å². The Labute approximate surface area is 163 Å². The summed E-state index contributed by atoms with van der Waals surface area (Å²) in [6.45, 7) is 0. The van der Waals surface area contributed by atoms with E-state index in [0.717, 1.165) is 16.8 Å². The Morgan fingerprint density at radius 1 is 1.07 bits per heavy atom. The lowest BCUT2D eigenvalue weighted by Gasteiger charge is -2.21. The molecule has 0 radical (unpaired) electrons. The zero-order valence-corrected chi connectivity index (χ0v) is 15.8. The minimum absolute atomic E-state index is 0.0959. The SMILES string of the molecule is COc1ccc(C2=NN(C(=O)CCC(=O)O)C(c3ccccc3)C2)cc1OC. The maximum Gasteiger partial charge on any atom is 0.303 e. The van der Waals surface area contributed by atoms with Crippen LogP contribution in [-0.2, 0) is 9.59 Å². The molecule has 0 aliphatic carbocycles. The molecule has 7 heteroatoms. The summed E-state index contributed by atoms with van der Waals surface area (Å²) in [5, 5.41) is 14.8. The summed E-state index contributed by atoms with van der Waals surface area (Å²) in [5.41, 5.74) is 2.51. The molecule has 1 aliphatic rings. The van der Waals surface area contributed by atoms with E-state index in [0.29, 0.717) is 17.9 Å². The Hall–Kier alpha value is -3.35. The quantitative estimate of drug-likeness (QED) is 0.794. The molecule has 2 aromatic rings. The monoisotopic (exact) mass is 382 g/mol. The summed E-state index contributed by atoms with van der Waals surface area (Å²) in [4.78, 5) is 23.5. The highest BCUT2D eigenvalue weighted by molar-refractivity contribution is 6.03. The van der Waals surface area contributed by atoms with E-state index in [-0.39, 0.29) is 24.8 Å². The van der Waals surface area contributed by atoms with E-state index in [4.69, 9.17) is 14.6 Å². The van der Waals surface area contributed by atoms with Gasteiger partial charge in [0, 0.05) is 18.4 Å². The van der Waals surface area contributed by atoms with Crippen molar-refractivity contribution in [3.63, 3.8) is 0 Å². The Kier molecular flexibility index (Phi) is 5.93. The van der Waals surface area contributed by atoms with Crippen molar-refractivity contribution in [3.8, 4) is 11.5 Å². The molecule has 2 aromatic carbocycles. The lowest BCUT2D eigenvalue weighted by atomic mass is 9.98. The lowest BCUT2D eigenvalue weighted by Crippen LogP contribution is -2.27. The van der Waals surface area contributed by atoms with Gasteiger partial charge in [-0.25, -0.2) is 5.01 Å². The molecule has 0 saturated heterocycles. The summed E-state index contributed by atoms with van der Waals surface area (Å²) in [6.07, 6.45) is 0.206. The maximum atomic E-state index is 12.6. The van der Waals surface area contributed by atoms with Crippen LogP contribution in [0, 0.1) is 0 Å². The van der Waals surface area contributed by atoms with Crippen LogP contribution in [0.2, 0.25) is 0 Å². The van der Waals surface area contributed by atoms with Crippen molar-refractivity contribution >= 4 is 17.6 Å². The van der Waals surface area contributed by atoms with E-state index in [2.05, 4.69) is 5.10 Å². The van der Waals surface area contributed by atoms with Crippen molar-refractivity contribution in [3.05, 3.63) is 59.7 Å². The second-order valence-corrected chi connectivity index (χ2v) is 6.38. The van der Waals surface area contributed by atoms with Gasteiger partial charge in [0.15, 0.2) is 11.5 Å². The van der Waals surface area contributed by atoms with Crippen LogP contribution in [-0.4, -0.2) is 41.9 Å². The molecule has 146 valence electrons. The fourth-order valence-corrected chi connectivity index (χ4v) is 3.19. The summed E-state index contributed by atoms with van der Waals surface area (Å²) in [6, 6.07) is 14.8. The molecule has 28 heavy (non-hydrogen) atoms. The first kappa shape index (κ1) is 19.4. The molecule has 1 heterocycles. The zero-order chi connectivity index (χ0) is 20.1. The first-order valence-electron chi connectivity index (χ1n) is 8.92. The molecule has 0 bridgehead atoms. The van der Waals surface area contributed by atoms with Gasteiger partial charge in [0.2, 0.25) is 5.91 Å². The van der Waals surface area contributed by atoms with E-state index in [1.54, 1.807) is 20.3 Å². The van der Waals surface area contributed by atoms with Crippen molar-refractivity contribution < 1.29 is 24.2 Å². The van der Waals surface area contributed by atoms with Gasteiger partial charge in [0.05, 0.1) is 32.4 Å². The Morgan fingerprint density at radius 2 is 1.79 bits per heavy atom. The van der Waals surface area contributed by atoms with E-state index >= 15 is 0 Å². The molecule has 3 rings (SSSR count). The van der Waals surface area contributed by atoms with Gasteiger partial charge in [-0.15, -0.1) is 0 Å². The first-order valence-corrected chi connectivity index (χ1v) is 8.92. The number of rotatable bonds is 7. The van der Waals surface area contributed by atoms with E-state index in [9.17, 15) is 9.59 Å². The van der Waals surface area contributed by atoms with Crippen molar-refractivity contribution in [1.29, 1.82) is 0 Å². The van der Waals surface area contributed by atoms with Crippen molar-refractivity contribution in [2.75, 3.05) is 14.2 Å². The third kappa shape index (κ3) is 4.14. The predicted molar refractivity (Wildman–Crippen MR) is 104 cm³/mol. The fourth-order valence-electron chi connectivity index (χ4n) is 3.19. The summed E-state index contributed by atoms with van der Waals surface area (Å²) < 4.78 is 10.6. The second kappa shape index (κ2) is 8.56. The molecule has 1 aliphatic heterocycles. The van der Waals surface area contributed by atoms with Crippen LogP contribution in [0.3, 0.4) is 0 Å². The highest BCUT2D eigenvalue weighted by atomic mass is 16.5. The van der Waals surface area contributed by atoms with Gasteiger partial charge in [-0.3, -0.25) is 9.59 Å². The number of carbonyl (C=O) groups is 2. The number of carbonyl (C=O) groups excluding carboxylic acids is 1. The number of hydrogen-bond acceptors (Lipinski definition) is 5. The van der Waals surface area contributed by atoms with Crippen molar-refractivity contribution in [1.82, 2.24) is 5.01 Å². The number of ether oxygens (including phenoxy) is 2. The van der Waals surface area contributed by atoms with Crippen LogP contribution in [0.5, 0.6) is 11.5 Å². The largest absolute Gasteiger partial charge is 0.493 e. The smallest absolute Gasteiger partial charge is 0.303 e. The fraction of sp³-hybridized carbons (Fsp3) is 0.286. The van der Waals surface area contributed by atoms with Crippen LogP contribution in [0.1, 0.15) is 36.4 Å². The normalized spacial score (nSPS) is 15.9. The van der Waals surface area contributed by atoms with E-state index < -0.39 is 5.97 Å². The lowest BCUT2D eigenvalue weighted by molar-refractivity contribution is -0.141. The summed E-state index contributed by atoms with van der Waals surface area (Å²) in [5.74, 6) is -0.131. The average molecular weight is 382 g/mol. The molecule has 0 saturated carbocycles. The van der Waals surface area contributed by atoms with Gasteiger partial charge in [-0.05, 0) is 23.8 Å². The Balaban J connectivity index is 1.93. The summed E-state index contributed by atoms with van der Waals surface area (Å²) >= 11 is 0. The van der Waals surface area contributed by atoms with Gasteiger partial charge >= 0.3 is 5.97 Å². The van der Waals surface area contributed by atoms with Gasteiger partial charge < -0.3 is 14.6 Å². The van der Waals surface area contributed by atoms with Crippen LogP contribution in [0.15, 0.2) is 53.6 Å². The molecular formula is C21H22N2O5. The first-order chi connectivity index (χ1) is 13.5. The summed E-state index contributed by atoms with van der Waals surface area (Å²) in [7, 11) is 3.13. The van der Waals surface area contributed by atoms with Gasteiger partial charge in [0.1, 0.15) is 0 Å². The van der Waals surface area contributed by atoms with Crippen LogP contribution < -0.4 is 9.47 Å². The number of hydrogen-bond donors (Lipinski definition) is 1. The third-order valence-electron chi connectivity index (χ3n) is 4.62. The molecule has 1 unspecified atom stereocenters. The highest BCUT2D eigenvalue weighted by Crippen LogP contribution is 2.35. The minimum Gasteiger partial charge on any atom is -0.493 e. The number of benzene rings is 2. The standard InChI is InChI=1S/C21H22N2O5/c1-27-18-9-8-15(12-19(18)28-2)16-13-17(14-6-4-3-5-7-14)23(22-16)20(24)10-11-21(25)26/h3-9,12,17H,10-11,13H2,1-2H3,(H,25,26). The molecule has 1 atom stereocenters.